The molecule has 0 fully saturated rings. The van der Waals surface area contributed by atoms with Crippen LogP contribution in [-0.2, 0) is 19.3 Å². The van der Waals surface area contributed by atoms with Crippen molar-refractivity contribution in [2.75, 3.05) is 14.1 Å². The first-order valence-corrected chi connectivity index (χ1v) is 9.38. The molecule has 0 bridgehead atoms. The van der Waals surface area contributed by atoms with E-state index in [1.54, 1.807) is 6.92 Å². The Morgan fingerprint density at radius 3 is 2.40 bits per heavy atom. The Balaban J connectivity index is 1.70. The van der Waals surface area contributed by atoms with Gasteiger partial charge >= 0.3 is 6.18 Å². The Morgan fingerprint density at radius 2 is 1.77 bits per heavy atom. The molecule has 0 radical (unpaired) electrons. The highest BCUT2D eigenvalue weighted by Crippen LogP contribution is 2.30. The van der Waals surface area contributed by atoms with Gasteiger partial charge in [-0.05, 0) is 50.3 Å². The first-order valence-electron chi connectivity index (χ1n) is 9.38. The number of hydrogen-bond acceptors (Lipinski definition) is 3. The van der Waals surface area contributed by atoms with Gasteiger partial charge in [-0.1, -0.05) is 30.3 Å². The summed E-state index contributed by atoms with van der Waals surface area (Å²) in [5.74, 6) is -0.330. The van der Waals surface area contributed by atoms with E-state index in [-0.39, 0.29) is 11.6 Å². The van der Waals surface area contributed by atoms with Crippen LogP contribution in [0, 0.1) is 6.92 Å². The molecule has 1 aromatic heterocycles. The van der Waals surface area contributed by atoms with Crippen LogP contribution < -0.4 is 5.32 Å². The second-order valence-electron chi connectivity index (χ2n) is 7.34. The van der Waals surface area contributed by atoms with E-state index in [4.69, 9.17) is 0 Å². The first-order chi connectivity index (χ1) is 14.1. The summed E-state index contributed by atoms with van der Waals surface area (Å²) in [6.07, 6.45) is -3.08. The van der Waals surface area contributed by atoms with Crippen molar-refractivity contribution < 1.29 is 18.0 Å². The molecule has 158 valence electrons. The molecule has 3 rings (SSSR count). The van der Waals surface area contributed by atoms with Crippen LogP contribution in [-0.4, -0.2) is 34.7 Å². The first kappa shape index (κ1) is 21.6. The summed E-state index contributed by atoms with van der Waals surface area (Å²) in [7, 11) is 3.99. The fraction of sp³-hybridized carbons (Fsp3) is 0.273. The van der Waals surface area contributed by atoms with Crippen LogP contribution in [0.2, 0.25) is 0 Å². The van der Waals surface area contributed by atoms with E-state index in [1.807, 2.05) is 38.4 Å². The lowest BCUT2D eigenvalue weighted by Gasteiger charge is -2.11. The normalized spacial score (nSPS) is 11.7. The molecule has 0 aliphatic rings. The third-order valence-corrected chi connectivity index (χ3v) is 4.65. The van der Waals surface area contributed by atoms with Crippen LogP contribution in [0.25, 0.3) is 5.69 Å². The number of rotatable bonds is 6. The Kier molecular flexibility index (Phi) is 6.26. The minimum absolute atomic E-state index is 0.248. The number of aromatic nitrogens is 2. The molecule has 0 spiro atoms. The van der Waals surface area contributed by atoms with Gasteiger partial charge in [0.1, 0.15) is 0 Å². The average Bonchev–Trinajstić information content (AvgIpc) is 3.08. The summed E-state index contributed by atoms with van der Waals surface area (Å²) in [5.41, 5.74) is 2.39. The molecule has 8 heteroatoms. The quantitative estimate of drug-likeness (QED) is 0.656. The predicted octanol–water partition coefficient (Wildman–Crippen LogP) is 4.19. The van der Waals surface area contributed by atoms with Gasteiger partial charge in [0.05, 0.1) is 28.7 Å². The van der Waals surface area contributed by atoms with Gasteiger partial charge < -0.3 is 10.2 Å². The van der Waals surface area contributed by atoms with Gasteiger partial charge in [-0.3, -0.25) is 4.79 Å². The van der Waals surface area contributed by atoms with Crippen LogP contribution in [0.1, 0.15) is 32.7 Å². The van der Waals surface area contributed by atoms with Crippen molar-refractivity contribution in [3.63, 3.8) is 0 Å². The van der Waals surface area contributed by atoms with Crippen molar-refractivity contribution in [3.05, 3.63) is 82.7 Å². The molecule has 3 aromatic rings. The van der Waals surface area contributed by atoms with Crippen LogP contribution in [0.5, 0.6) is 0 Å². The maximum atomic E-state index is 13.0. The second-order valence-corrected chi connectivity index (χ2v) is 7.34. The third kappa shape index (κ3) is 5.07. The van der Waals surface area contributed by atoms with E-state index in [1.165, 1.54) is 28.6 Å². The molecule has 2 aromatic carbocycles. The van der Waals surface area contributed by atoms with E-state index in [0.717, 1.165) is 24.2 Å². The summed E-state index contributed by atoms with van der Waals surface area (Å²) >= 11 is 0. The Labute approximate surface area is 173 Å². The highest BCUT2D eigenvalue weighted by Gasteiger charge is 2.30. The number of carbonyl (C=O) groups excluding carboxylic acids is 1. The van der Waals surface area contributed by atoms with Gasteiger partial charge in [-0.15, -0.1) is 0 Å². The minimum atomic E-state index is -4.45. The highest BCUT2D eigenvalue weighted by atomic mass is 19.4. The zero-order valence-electron chi connectivity index (χ0n) is 17.0. The molecule has 30 heavy (non-hydrogen) atoms. The largest absolute Gasteiger partial charge is 0.416 e. The lowest BCUT2D eigenvalue weighted by atomic mass is 10.1. The zero-order valence-corrected chi connectivity index (χ0v) is 17.0. The molecule has 5 nitrogen and oxygen atoms in total. The van der Waals surface area contributed by atoms with Gasteiger partial charge in [-0.25, -0.2) is 4.68 Å². The Bertz CT molecular complexity index is 1020. The maximum Gasteiger partial charge on any atom is 0.416 e. The number of nitrogens with one attached hydrogen (secondary N) is 1. The number of halogens is 3. The van der Waals surface area contributed by atoms with Gasteiger partial charge in [-0.2, -0.15) is 18.3 Å². The summed E-state index contributed by atoms with van der Waals surface area (Å²) in [6, 6.07) is 12.8. The van der Waals surface area contributed by atoms with Gasteiger partial charge in [0.15, 0.2) is 0 Å². The number of alkyl halides is 3. The van der Waals surface area contributed by atoms with E-state index in [0.29, 0.717) is 17.8 Å². The van der Waals surface area contributed by atoms with Crippen LogP contribution in [0.4, 0.5) is 13.2 Å². The van der Waals surface area contributed by atoms with E-state index in [9.17, 15) is 18.0 Å². The number of carbonyl (C=O) groups is 1. The monoisotopic (exact) mass is 416 g/mol. The number of benzene rings is 2. The molecule has 0 saturated carbocycles. The zero-order chi connectivity index (χ0) is 21.9. The maximum absolute atomic E-state index is 13.0. The molecule has 1 heterocycles. The van der Waals surface area contributed by atoms with Crippen molar-refractivity contribution >= 4 is 5.91 Å². The van der Waals surface area contributed by atoms with Crippen molar-refractivity contribution in [1.82, 2.24) is 20.0 Å². The molecule has 1 N–H and O–H groups in total. The highest BCUT2D eigenvalue weighted by molar-refractivity contribution is 5.95. The Morgan fingerprint density at radius 1 is 1.10 bits per heavy atom. The molecular formula is C22H23F3N4O. The third-order valence-electron chi connectivity index (χ3n) is 4.65. The fourth-order valence-corrected chi connectivity index (χ4v) is 3.11. The average molecular weight is 416 g/mol. The number of amides is 1. The minimum Gasteiger partial charge on any atom is -0.348 e. The molecule has 0 aliphatic heterocycles. The van der Waals surface area contributed by atoms with Crippen LogP contribution >= 0.6 is 0 Å². The number of hydrogen-bond donors (Lipinski definition) is 1. The van der Waals surface area contributed by atoms with E-state index < -0.39 is 11.7 Å². The lowest BCUT2D eigenvalue weighted by molar-refractivity contribution is -0.137. The predicted molar refractivity (Wildman–Crippen MR) is 108 cm³/mol. The van der Waals surface area contributed by atoms with Crippen molar-refractivity contribution in [3.8, 4) is 5.69 Å². The van der Waals surface area contributed by atoms with E-state index >= 15 is 0 Å². The SMILES string of the molecule is Cc1c(C(=O)NCc2ccc(CN(C)C)cc2)cnn1-c1cccc(C(F)(F)F)c1. The number of nitrogens with zero attached hydrogens (tertiary/aromatic N) is 3. The molecule has 0 aliphatic carbocycles. The van der Waals surface area contributed by atoms with E-state index in [2.05, 4.69) is 15.3 Å². The van der Waals surface area contributed by atoms with Crippen LogP contribution in [0.3, 0.4) is 0 Å². The van der Waals surface area contributed by atoms with Crippen molar-refractivity contribution in [2.24, 2.45) is 0 Å². The van der Waals surface area contributed by atoms with Gasteiger partial charge in [0.2, 0.25) is 0 Å². The summed E-state index contributed by atoms with van der Waals surface area (Å²) in [5, 5.41) is 6.94. The molecule has 0 saturated heterocycles. The molecule has 1 amide bonds. The molecular weight excluding hydrogens is 393 g/mol. The lowest BCUT2D eigenvalue weighted by Crippen LogP contribution is -2.23. The van der Waals surface area contributed by atoms with Gasteiger partial charge in [0, 0.05) is 13.1 Å². The summed E-state index contributed by atoms with van der Waals surface area (Å²) in [4.78, 5) is 14.6. The molecule has 0 unspecified atom stereocenters. The fourth-order valence-electron chi connectivity index (χ4n) is 3.11. The smallest absolute Gasteiger partial charge is 0.348 e. The molecule has 0 atom stereocenters. The standard InChI is InChI=1S/C22H23F3N4O/c1-15-20(13-27-29(15)19-6-4-5-18(11-19)22(23,24)25)21(30)26-12-16-7-9-17(10-8-16)14-28(2)3/h4-11,13H,12,14H2,1-3H3,(H,26,30). The summed E-state index contributed by atoms with van der Waals surface area (Å²) in [6.45, 7) is 2.83. The van der Waals surface area contributed by atoms with Crippen LogP contribution in [0.15, 0.2) is 54.7 Å². The van der Waals surface area contributed by atoms with Crippen molar-refractivity contribution in [1.29, 1.82) is 0 Å². The summed E-state index contributed by atoms with van der Waals surface area (Å²) < 4.78 is 40.2. The topological polar surface area (TPSA) is 50.2 Å². The Hall–Kier alpha value is -3.13. The van der Waals surface area contributed by atoms with Gasteiger partial charge in [0.25, 0.3) is 5.91 Å². The van der Waals surface area contributed by atoms with Crippen molar-refractivity contribution in [2.45, 2.75) is 26.2 Å². The second kappa shape index (κ2) is 8.71.